The molecule has 2 nitrogen and oxygen atoms in total. The molecule has 164 valence electrons. The number of benzene rings is 3. The molecule has 0 aliphatic rings. The van der Waals surface area contributed by atoms with Gasteiger partial charge in [0.2, 0.25) is 0 Å². The highest BCUT2D eigenvalue weighted by atomic mass is 32.3. The standard InChI is InChI=1S/C28H34O2S/c1-21(29)30-31(24-11-9-8-10-12-24,25-17-13-22(14-18-25)27(2,3)4)26-19-15-23(16-20-26)28(5,6)7/h8-20H,1-7H3. The van der Waals surface area contributed by atoms with Gasteiger partial charge in [-0.1, -0.05) is 84.0 Å². The van der Waals surface area contributed by atoms with E-state index in [2.05, 4.69) is 102 Å². The highest BCUT2D eigenvalue weighted by Crippen LogP contribution is 2.69. The summed E-state index contributed by atoms with van der Waals surface area (Å²) in [6.45, 7) is 14.7. The fourth-order valence-corrected chi connectivity index (χ4v) is 6.67. The average molecular weight is 435 g/mol. The van der Waals surface area contributed by atoms with Crippen molar-refractivity contribution in [2.45, 2.75) is 74.0 Å². The smallest absolute Gasteiger partial charge is 0.313 e. The maximum atomic E-state index is 12.4. The van der Waals surface area contributed by atoms with Gasteiger partial charge in [0.15, 0.2) is 0 Å². The lowest BCUT2D eigenvalue weighted by Crippen LogP contribution is -2.14. The van der Waals surface area contributed by atoms with Crippen molar-refractivity contribution >= 4 is 16.3 Å². The Labute approximate surface area is 189 Å². The largest absolute Gasteiger partial charge is 0.402 e. The molecule has 3 aromatic carbocycles. The van der Waals surface area contributed by atoms with Crippen molar-refractivity contribution in [1.29, 1.82) is 0 Å². The molecule has 0 bridgehead atoms. The molecule has 0 heterocycles. The zero-order valence-corrected chi connectivity index (χ0v) is 20.5. The molecule has 31 heavy (non-hydrogen) atoms. The van der Waals surface area contributed by atoms with E-state index in [4.69, 9.17) is 4.18 Å². The molecule has 3 rings (SSSR count). The molecule has 0 amide bonds. The van der Waals surface area contributed by atoms with Crippen LogP contribution in [-0.4, -0.2) is 5.97 Å². The maximum absolute atomic E-state index is 12.4. The first-order chi connectivity index (χ1) is 14.4. The van der Waals surface area contributed by atoms with E-state index in [0.29, 0.717) is 0 Å². The minimum absolute atomic E-state index is 0.0546. The van der Waals surface area contributed by atoms with Gasteiger partial charge in [-0.25, -0.2) is 0 Å². The summed E-state index contributed by atoms with van der Waals surface area (Å²) < 4.78 is 6.29. The summed E-state index contributed by atoms with van der Waals surface area (Å²) in [6.07, 6.45) is 0. The van der Waals surface area contributed by atoms with E-state index >= 15 is 0 Å². The van der Waals surface area contributed by atoms with E-state index in [0.717, 1.165) is 14.7 Å². The van der Waals surface area contributed by atoms with Crippen LogP contribution in [0, 0.1) is 0 Å². The normalized spacial score (nSPS) is 13.0. The molecule has 0 saturated carbocycles. The molecule has 0 aliphatic heterocycles. The van der Waals surface area contributed by atoms with Crippen LogP contribution < -0.4 is 0 Å². The van der Waals surface area contributed by atoms with Crippen LogP contribution in [0.15, 0.2) is 93.5 Å². The van der Waals surface area contributed by atoms with Gasteiger partial charge in [-0.05, 0) is 68.7 Å². The van der Waals surface area contributed by atoms with Crippen LogP contribution in [0.1, 0.15) is 59.6 Å². The molecular weight excluding hydrogens is 400 g/mol. The second-order valence-electron chi connectivity index (χ2n) is 9.99. The third-order valence-corrected chi connectivity index (χ3v) is 8.71. The van der Waals surface area contributed by atoms with Crippen LogP contribution in [0.5, 0.6) is 0 Å². The van der Waals surface area contributed by atoms with Gasteiger partial charge in [-0.15, -0.1) is 0 Å². The molecular formula is C28H34O2S. The van der Waals surface area contributed by atoms with E-state index in [1.807, 2.05) is 18.2 Å². The molecule has 0 radical (unpaired) electrons. The summed E-state index contributed by atoms with van der Waals surface area (Å²) >= 11 is 0. The first-order valence-electron chi connectivity index (χ1n) is 10.7. The Kier molecular flexibility index (Phi) is 6.38. The molecule has 3 heteroatoms. The number of hydrogen-bond acceptors (Lipinski definition) is 2. The summed E-state index contributed by atoms with van der Waals surface area (Å²) in [6, 6.07) is 27.3. The van der Waals surface area contributed by atoms with Crippen LogP contribution in [-0.2, 0) is 19.8 Å². The third kappa shape index (κ3) is 4.88. The molecule has 3 aromatic rings. The summed E-state index contributed by atoms with van der Waals surface area (Å²) in [5, 5.41) is 0. The Hall–Kier alpha value is -2.52. The first kappa shape index (κ1) is 23.1. The quantitative estimate of drug-likeness (QED) is 0.415. The van der Waals surface area contributed by atoms with Gasteiger partial charge in [0.1, 0.15) is 0 Å². The van der Waals surface area contributed by atoms with Gasteiger partial charge in [0.25, 0.3) is 0 Å². The third-order valence-electron chi connectivity index (χ3n) is 5.42. The Morgan fingerprint density at radius 1 is 0.613 bits per heavy atom. The fourth-order valence-electron chi connectivity index (χ4n) is 3.63. The van der Waals surface area contributed by atoms with Gasteiger partial charge in [0, 0.05) is 21.6 Å². The minimum atomic E-state index is -2.21. The van der Waals surface area contributed by atoms with Gasteiger partial charge < -0.3 is 4.18 Å². The van der Waals surface area contributed by atoms with E-state index in [1.54, 1.807) is 0 Å². The predicted octanol–water partition coefficient (Wildman–Crippen LogP) is 8.04. The van der Waals surface area contributed by atoms with Crippen LogP contribution in [0.25, 0.3) is 0 Å². The Balaban J connectivity index is 2.27. The predicted molar refractivity (Wildman–Crippen MR) is 131 cm³/mol. The maximum Gasteiger partial charge on any atom is 0.313 e. The molecule has 0 fully saturated rings. The molecule has 0 unspecified atom stereocenters. The highest BCUT2D eigenvalue weighted by Gasteiger charge is 2.35. The zero-order chi connectivity index (χ0) is 22.9. The van der Waals surface area contributed by atoms with Crippen molar-refractivity contribution in [2.75, 3.05) is 0 Å². The monoisotopic (exact) mass is 434 g/mol. The van der Waals surface area contributed by atoms with E-state index in [9.17, 15) is 4.79 Å². The van der Waals surface area contributed by atoms with Gasteiger partial charge in [-0.2, -0.15) is 0 Å². The van der Waals surface area contributed by atoms with E-state index in [1.165, 1.54) is 18.1 Å². The minimum Gasteiger partial charge on any atom is -0.402 e. The van der Waals surface area contributed by atoms with Crippen LogP contribution >= 0.6 is 10.3 Å². The summed E-state index contributed by atoms with van der Waals surface area (Å²) in [4.78, 5) is 15.5. The summed E-state index contributed by atoms with van der Waals surface area (Å²) in [7, 11) is -2.21. The zero-order valence-electron chi connectivity index (χ0n) is 19.7. The van der Waals surface area contributed by atoms with E-state index in [-0.39, 0.29) is 16.8 Å². The number of carbonyl (C=O) groups excluding carboxylic acids is 1. The molecule has 0 aromatic heterocycles. The fraction of sp³-hybridized carbons (Fsp3) is 0.321. The lowest BCUT2D eigenvalue weighted by molar-refractivity contribution is -0.131. The lowest BCUT2D eigenvalue weighted by Gasteiger charge is -2.40. The van der Waals surface area contributed by atoms with Crippen molar-refractivity contribution < 1.29 is 8.98 Å². The SMILES string of the molecule is CC(=O)OS(c1ccccc1)(c1ccc(C(C)(C)C)cc1)c1ccc(C(C)(C)C)cc1. The Bertz CT molecular complexity index is 964. The van der Waals surface area contributed by atoms with Crippen LogP contribution in [0.2, 0.25) is 0 Å². The summed E-state index contributed by atoms with van der Waals surface area (Å²) in [5.41, 5.74) is 2.62. The number of carbonyl (C=O) groups is 1. The topological polar surface area (TPSA) is 26.3 Å². The van der Waals surface area contributed by atoms with E-state index < -0.39 is 10.3 Å². The first-order valence-corrected chi connectivity index (χ1v) is 12.3. The van der Waals surface area contributed by atoms with Crippen molar-refractivity contribution in [2.24, 2.45) is 0 Å². The van der Waals surface area contributed by atoms with Crippen molar-refractivity contribution in [3.63, 3.8) is 0 Å². The lowest BCUT2D eigenvalue weighted by atomic mass is 9.87. The van der Waals surface area contributed by atoms with Crippen molar-refractivity contribution in [3.8, 4) is 0 Å². The second kappa shape index (κ2) is 8.55. The van der Waals surface area contributed by atoms with Crippen molar-refractivity contribution in [1.82, 2.24) is 0 Å². The second-order valence-corrected chi connectivity index (χ2v) is 12.7. The molecule has 0 N–H and O–H groups in total. The van der Waals surface area contributed by atoms with Gasteiger partial charge in [-0.3, -0.25) is 4.79 Å². The summed E-state index contributed by atoms with van der Waals surface area (Å²) in [5.74, 6) is -0.279. The molecule has 0 aliphatic carbocycles. The Morgan fingerprint density at radius 2 is 0.968 bits per heavy atom. The molecule has 0 spiro atoms. The highest BCUT2D eigenvalue weighted by molar-refractivity contribution is 8.30. The average Bonchev–Trinajstić information content (AvgIpc) is 2.71. The van der Waals surface area contributed by atoms with Crippen LogP contribution in [0.4, 0.5) is 0 Å². The van der Waals surface area contributed by atoms with Crippen molar-refractivity contribution in [3.05, 3.63) is 90.0 Å². The molecule has 0 saturated heterocycles. The van der Waals surface area contributed by atoms with Gasteiger partial charge >= 0.3 is 5.97 Å². The number of rotatable bonds is 4. The molecule has 0 atom stereocenters. The van der Waals surface area contributed by atoms with Gasteiger partial charge in [0.05, 0.1) is 0 Å². The Morgan fingerprint density at radius 3 is 1.29 bits per heavy atom. The number of hydrogen-bond donors (Lipinski definition) is 0. The van der Waals surface area contributed by atoms with Crippen LogP contribution in [0.3, 0.4) is 0 Å².